The maximum atomic E-state index is 13.2. The normalized spacial score (nSPS) is 18.2. The number of nitrogens with two attached hydrogens (primary N) is 4. The third kappa shape index (κ3) is 23.4. The third-order valence-corrected chi connectivity index (χ3v) is 25.2. The Balaban J connectivity index is 0.000000150. The summed E-state index contributed by atoms with van der Waals surface area (Å²) in [5, 5.41) is 21.6. The van der Waals surface area contributed by atoms with Gasteiger partial charge in [0.2, 0.25) is 23.5 Å². The Morgan fingerprint density at radius 3 is 0.876 bits per heavy atom. The van der Waals surface area contributed by atoms with Crippen molar-refractivity contribution in [3.63, 3.8) is 0 Å². The molecule has 129 heavy (non-hydrogen) atoms. The summed E-state index contributed by atoms with van der Waals surface area (Å²) in [4.78, 5) is 183. The summed E-state index contributed by atoms with van der Waals surface area (Å²) in [6.45, 7) is 11.0. The zero-order valence-electron chi connectivity index (χ0n) is 71.3. The van der Waals surface area contributed by atoms with E-state index in [0.717, 1.165) is 110 Å². The summed E-state index contributed by atoms with van der Waals surface area (Å²) in [7, 11) is 5.37. The average molecular weight is 1830 g/mol. The fourth-order valence-electron chi connectivity index (χ4n) is 15.4. The molecule has 8 aromatic heterocycles. The van der Waals surface area contributed by atoms with Crippen LogP contribution in [0.25, 0.3) is 40.9 Å². The lowest BCUT2D eigenvalue weighted by Gasteiger charge is -2.38. The number of methoxy groups -OCH3 is 4. The second kappa shape index (κ2) is 42.9. The lowest BCUT2D eigenvalue weighted by molar-refractivity contribution is -0.147. The summed E-state index contributed by atoms with van der Waals surface area (Å²) in [5.41, 5.74) is 37.0. The van der Waals surface area contributed by atoms with Crippen LogP contribution in [0.4, 0.5) is 22.7 Å². The van der Waals surface area contributed by atoms with Gasteiger partial charge in [-0.1, -0.05) is 52.0 Å². The number of carboxylic acids is 1. The fraction of sp³-hybridized carbons (Fsp3) is 0.318. The lowest BCUT2D eigenvalue weighted by Crippen LogP contribution is -2.46. The standard InChI is InChI=1S/3C22H23N5O4S.C13H16N2S.C9H9N3O5/c3*1-12-3-5-17(13-4-6-18-16(7-13)25-11-32-18)27(10-12)22(30)20(29)26-14-8-15(19(23)28)21(31-2)24-9-14;1-9-2-4-11(14-7-9)10-3-5-13-12(6-10)15-8-16-13;1-17-8-5(6(10)13)2-4(3-11-8)12-7(14)9(15)16/h3*4,6-9,11-12,17H,3,5,10H2,1-2H3,(H2,23,28)(H,26,29);3,5-6,8-9,11,14H,2,4,7H2,1H3;2-3H,1H3,(H2,10,13)(H,12,14)(H,15,16)/t3*12-,17+;9-,11+;/m1101./s1. The molecular formula is C88H94N20O17S4. The highest BCUT2D eigenvalue weighted by molar-refractivity contribution is 7.17. The van der Waals surface area contributed by atoms with Crippen LogP contribution < -0.4 is 68.5 Å². The maximum Gasteiger partial charge on any atom is 0.394 e. The van der Waals surface area contributed by atoms with E-state index < -0.39 is 70.9 Å². The van der Waals surface area contributed by atoms with Gasteiger partial charge >= 0.3 is 47.3 Å². The smallest absolute Gasteiger partial charge is 0.394 e. The number of nitrogens with one attached hydrogen (secondary N) is 5. The van der Waals surface area contributed by atoms with E-state index in [9.17, 15) is 57.5 Å². The predicted molar refractivity (Wildman–Crippen MR) is 486 cm³/mol. The first-order valence-corrected chi connectivity index (χ1v) is 44.2. The van der Waals surface area contributed by atoms with Crippen molar-refractivity contribution in [3.05, 3.63) is 188 Å². The number of fused-ring (bicyclic) bond motifs is 4. The van der Waals surface area contributed by atoms with E-state index >= 15 is 0 Å². The SMILES string of the molecule is COc1ncc(NC(=O)C(=O)N2C[C@@H](C)CC[C@@H]2c2ccc3scnc3c2)cc1C(N)=O.COc1ncc(NC(=O)C(=O)N2C[C@H](C)CC[C@H]2c2ccc3scnc3c2)cc1C(N)=O.COc1ncc(NC(=O)C(=O)N2C[C@H](C)CC[C@H]2c2ccc3scnc3c2)cc1C(N)=O.COc1ncc(NC(=O)C(=O)O)cc1C(N)=O.C[C@@H]1CC[C@@H](c2ccc3scnc3c2)NC1. The van der Waals surface area contributed by atoms with Gasteiger partial charge in [0, 0.05) is 25.7 Å². The van der Waals surface area contributed by atoms with Gasteiger partial charge in [0.15, 0.2) is 0 Å². The molecule has 0 unspecified atom stereocenters. The lowest BCUT2D eigenvalue weighted by atomic mass is 9.89. The Labute approximate surface area is 754 Å². The number of carbonyl (C=O) groups is 12. The number of thiazole rings is 4. The van der Waals surface area contributed by atoms with Crippen molar-refractivity contribution in [2.75, 3.05) is 75.9 Å². The van der Waals surface area contributed by atoms with Crippen LogP contribution >= 0.6 is 45.3 Å². The number of aromatic nitrogens is 8. The molecule has 0 bridgehead atoms. The molecule has 14 N–H and O–H groups in total. The molecule has 0 radical (unpaired) electrons. The van der Waals surface area contributed by atoms with Gasteiger partial charge in [-0.25, -0.2) is 44.7 Å². The number of pyridine rings is 4. The first kappa shape index (κ1) is 94.0. The predicted octanol–water partition coefficient (Wildman–Crippen LogP) is 10.8. The largest absolute Gasteiger partial charge is 0.480 e. The Morgan fingerprint density at radius 1 is 0.357 bits per heavy atom. The van der Waals surface area contributed by atoms with E-state index in [-0.39, 0.29) is 104 Å². The van der Waals surface area contributed by atoms with Crippen molar-refractivity contribution in [2.24, 2.45) is 46.6 Å². The van der Waals surface area contributed by atoms with Crippen molar-refractivity contribution in [3.8, 4) is 23.5 Å². The number of carbonyl (C=O) groups excluding carboxylic acids is 11. The molecule has 0 aliphatic carbocycles. The van der Waals surface area contributed by atoms with Gasteiger partial charge in [-0.3, -0.25) is 52.7 Å². The minimum Gasteiger partial charge on any atom is -0.480 e. The van der Waals surface area contributed by atoms with Crippen LogP contribution in [0.1, 0.15) is 167 Å². The number of primary amides is 4. The van der Waals surface area contributed by atoms with E-state index in [1.165, 1.54) is 94.4 Å². The molecule has 37 nitrogen and oxygen atoms in total. The molecule has 4 fully saturated rings. The molecular weight excluding hydrogens is 1740 g/mol. The van der Waals surface area contributed by atoms with Gasteiger partial charge in [-0.15, -0.1) is 45.3 Å². The summed E-state index contributed by atoms with van der Waals surface area (Å²) in [6.07, 6.45) is 12.8. The highest BCUT2D eigenvalue weighted by Gasteiger charge is 2.39. The van der Waals surface area contributed by atoms with Crippen molar-refractivity contribution in [1.82, 2.24) is 59.9 Å². The molecule has 12 heterocycles. The van der Waals surface area contributed by atoms with Crippen LogP contribution in [-0.4, -0.2) is 185 Å². The molecule has 4 aliphatic rings. The molecule has 11 amide bonds. The number of nitrogens with zero attached hydrogens (tertiary/aromatic N) is 11. The van der Waals surface area contributed by atoms with Gasteiger partial charge < -0.3 is 88.3 Å². The number of aliphatic carboxylic acids is 1. The highest BCUT2D eigenvalue weighted by Crippen LogP contribution is 2.40. The molecule has 12 aromatic rings. The number of rotatable bonds is 16. The molecule has 8 atom stereocenters. The van der Waals surface area contributed by atoms with Crippen LogP contribution in [-0.2, 0) is 38.4 Å². The highest BCUT2D eigenvalue weighted by atomic mass is 32.1. The number of hydrogen-bond acceptors (Lipinski definition) is 29. The topological polar surface area (TPSA) is 539 Å². The van der Waals surface area contributed by atoms with E-state index in [0.29, 0.717) is 25.7 Å². The zero-order valence-corrected chi connectivity index (χ0v) is 74.6. The molecule has 0 saturated carbocycles. The van der Waals surface area contributed by atoms with E-state index in [1.807, 2.05) is 65.4 Å². The number of likely N-dealkylation sites (tertiary alicyclic amines) is 3. The number of amides is 11. The van der Waals surface area contributed by atoms with Crippen LogP contribution in [0.5, 0.6) is 23.5 Å². The van der Waals surface area contributed by atoms with Crippen LogP contribution in [0.3, 0.4) is 0 Å². The van der Waals surface area contributed by atoms with Crippen molar-refractivity contribution in [2.45, 2.75) is 103 Å². The number of hydrogen-bond donors (Lipinski definition) is 10. The number of carboxylic acid groups (broad SMARTS) is 1. The van der Waals surface area contributed by atoms with Crippen LogP contribution in [0.15, 0.2) is 144 Å². The molecule has 4 saturated heterocycles. The molecule has 0 spiro atoms. The van der Waals surface area contributed by atoms with Gasteiger partial charge in [0.05, 0.1) is 157 Å². The Morgan fingerprint density at radius 2 is 0.620 bits per heavy atom. The molecule has 4 aromatic carbocycles. The number of benzene rings is 4. The summed E-state index contributed by atoms with van der Waals surface area (Å²) in [5.74, 6) is -8.53. The van der Waals surface area contributed by atoms with E-state index in [1.54, 1.807) is 76.6 Å². The maximum absolute atomic E-state index is 13.2. The van der Waals surface area contributed by atoms with E-state index in [4.69, 9.17) is 47.0 Å². The van der Waals surface area contributed by atoms with Gasteiger partial charge in [-0.05, 0) is 177 Å². The van der Waals surface area contributed by atoms with Gasteiger partial charge in [0.1, 0.15) is 22.3 Å². The number of ether oxygens (including phenoxy) is 4. The quantitative estimate of drug-likeness (QED) is 0.0402. The van der Waals surface area contributed by atoms with Crippen molar-refractivity contribution in [1.29, 1.82) is 0 Å². The summed E-state index contributed by atoms with van der Waals surface area (Å²) >= 11 is 6.39. The van der Waals surface area contributed by atoms with Crippen molar-refractivity contribution < 1.29 is 81.6 Å². The molecule has 16 rings (SSSR count). The summed E-state index contributed by atoms with van der Waals surface area (Å²) in [6, 6.07) is 29.7. The van der Waals surface area contributed by atoms with Crippen molar-refractivity contribution >= 4 is 180 Å². The van der Waals surface area contributed by atoms with E-state index in [2.05, 4.69) is 107 Å². The number of anilines is 4. The molecule has 672 valence electrons. The first-order valence-electron chi connectivity index (χ1n) is 40.7. The van der Waals surface area contributed by atoms with Gasteiger partial charge in [-0.2, -0.15) is 0 Å². The zero-order chi connectivity index (χ0) is 92.4. The second-order valence-electron chi connectivity index (χ2n) is 31.1. The minimum atomic E-state index is -1.65. The fourth-order valence-corrected chi connectivity index (χ4v) is 18.0. The molecule has 4 aliphatic heterocycles. The number of piperidine rings is 4. The average Bonchev–Trinajstić information content (AvgIpc) is 1.79. The minimum absolute atomic E-state index is 0.00850. The Hall–Kier alpha value is -14.2. The van der Waals surface area contributed by atoms with Crippen LogP contribution in [0.2, 0.25) is 0 Å². The first-order chi connectivity index (χ1) is 61.9. The second-order valence-corrected chi connectivity index (χ2v) is 34.7. The Kier molecular flexibility index (Phi) is 31.2. The molecule has 41 heteroatoms. The third-order valence-electron chi connectivity index (χ3n) is 21.9. The van der Waals surface area contributed by atoms with Crippen LogP contribution in [0, 0.1) is 23.7 Å². The monoisotopic (exact) mass is 1830 g/mol. The van der Waals surface area contributed by atoms with Gasteiger partial charge in [0.25, 0.3) is 23.6 Å². The summed E-state index contributed by atoms with van der Waals surface area (Å²) < 4.78 is 24.3. The Bertz CT molecular complexity index is 5770.